The summed E-state index contributed by atoms with van der Waals surface area (Å²) in [6.45, 7) is 4.59. The van der Waals surface area contributed by atoms with Crippen LogP contribution in [0.25, 0.3) is 0 Å². The Morgan fingerprint density at radius 2 is 1.78 bits per heavy atom. The summed E-state index contributed by atoms with van der Waals surface area (Å²) >= 11 is 0. The van der Waals surface area contributed by atoms with E-state index in [4.69, 9.17) is 0 Å². The molecule has 1 atom stereocenters. The van der Waals surface area contributed by atoms with Gasteiger partial charge < -0.3 is 5.32 Å². The van der Waals surface area contributed by atoms with Crippen molar-refractivity contribution >= 4 is 0 Å². The third kappa shape index (κ3) is 3.84. The van der Waals surface area contributed by atoms with Gasteiger partial charge in [-0.25, -0.2) is 0 Å². The molecule has 1 aromatic rings. The first kappa shape index (κ1) is 13.6. The third-order valence-corrected chi connectivity index (χ3v) is 4.33. The second kappa shape index (κ2) is 6.94. The highest BCUT2D eigenvalue weighted by Crippen LogP contribution is 2.29. The Bertz CT molecular complexity index is 325. The van der Waals surface area contributed by atoms with Gasteiger partial charge >= 0.3 is 0 Å². The Hall–Kier alpha value is -0.820. The highest BCUT2D eigenvalue weighted by atomic mass is 14.9. The van der Waals surface area contributed by atoms with Gasteiger partial charge in [0, 0.05) is 12.1 Å². The Morgan fingerprint density at radius 1 is 1.11 bits per heavy atom. The zero-order valence-electron chi connectivity index (χ0n) is 11.9. The molecular weight excluding hydrogens is 218 g/mol. The lowest BCUT2D eigenvalue weighted by molar-refractivity contribution is 0.266. The fourth-order valence-electron chi connectivity index (χ4n) is 3.22. The van der Waals surface area contributed by atoms with Crippen molar-refractivity contribution in [3.05, 3.63) is 35.9 Å². The van der Waals surface area contributed by atoms with E-state index in [1.165, 1.54) is 44.1 Å². The highest BCUT2D eigenvalue weighted by molar-refractivity contribution is 5.18. The van der Waals surface area contributed by atoms with Gasteiger partial charge in [0.1, 0.15) is 0 Å². The molecule has 0 aromatic heterocycles. The van der Waals surface area contributed by atoms with Gasteiger partial charge in [-0.05, 0) is 44.1 Å². The number of benzene rings is 1. The second-order valence-corrected chi connectivity index (χ2v) is 5.81. The van der Waals surface area contributed by atoms with Crippen LogP contribution in [0.3, 0.4) is 0 Å². The van der Waals surface area contributed by atoms with E-state index in [9.17, 15) is 0 Å². The highest BCUT2D eigenvalue weighted by Gasteiger charge is 2.21. The Labute approximate surface area is 112 Å². The summed E-state index contributed by atoms with van der Waals surface area (Å²) in [5, 5.41) is 3.80. The van der Waals surface area contributed by atoms with Crippen LogP contribution in [-0.2, 0) is 0 Å². The van der Waals surface area contributed by atoms with Crippen LogP contribution < -0.4 is 5.32 Å². The van der Waals surface area contributed by atoms with Crippen molar-refractivity contribution in [3.8, 4) is 0 Å². The summed E-state index contributed by atoms with van der Waals surface area (Å²) in [5.74, 6) is 1.00. The molecule has 0 spiro atoms. The van der Waals surface area contributed by atoms with Crippen LogP contribution in [-0.4, -0.2) is 6.04 Å². The van der Waals surface area contributed by atoms with Crippen molar-refractivity contribution in [1.29, 1.82) is 0 Å². The van der Waals surface area contributed by atoms with Crippen molar-refractivity contribution in [2.75, 3.05) is 0 Å². The van der Waals surface area contributed by atoms with Crippen molar-refractivity contribution in [1.82, 2.24) is 5.32 Å². The van der Waals surface area contributed by atoms with Crippen LogP contribution in [0.4, 0.5) is 0 Å². The number of hydrogen-bond donors (Lipinski definition) is 1. The molecular formula is C17H27N. The maximum Gasteiger partial charge on any atom is 0.0294 e. The van der Waals surface area contributed by atoms with Crippen molar-refractivity contribution in [2.45, 2.75) is 64.5 Å². The first-order valence-electron chi connectivity index (χ1n) is 7.60. The van der Waals surface area contributed by atoms with E-state index in [1.54, 1.807) is 0 Å². The molecule has 1 N–H and O–H groups in total. The molecule has 1 aliphatic carbocycles. The summed E-state index contributed by atoms with van der Waals surface area (Å²) in [7, 11) is 0. The first-order valence-corrected chi connectivity index (χ1v) is 7.60. The molecule has 1 heteroatoms. The molecule has 1 aromatic carbocycles. The van der Waals surface area contributed by atoms with Crippen LogP contribution in [0.1, 0.15) is 64.0 Å². The summed E-state index contributed by atoms with van der Waals surface area (Å²) in [4.78, 5) is 0. The molecule has 18 heavy (non-hydrogen) atoms. The molecule has 0 amide bonds. The molecule has 0 saturated heterocycles. The van der Waals surface area contributed by atoms with E-state index >= 15 is 0 Å². The molecule has 1 aliphatic rings. The van der Waals surface area contributed by atoms with E-state index in [-0.39, 0.29) is 0 Å². The minimum Gasteiger partial charge on any atom is -0.307 e. The van der Waals surface area contributed by atoms with Gasteiger partial charge in [0.05, 0.1) is 0 Å². The standard InChI is InChI=1S/C17H27N/c1-3-7-15-10-12-17(13-11-15)18-14(2)16-8-5-4-6-9-16/h4-6,8-9,14-15,17-18H,3,7,10-13H2,1-2H3/t14-,15?,17?/m1/s1. The van der Waals surface area contributed by atoms with Gasteiger partial charge in [0.2, 0.25) is 0 Å². The average molecular weight is 245 g/mol. The summed E-state index contributed by atoms with van der Waals surface area (Å²) in [6.07, 6.45) is 8.36. The smallest absolute Gasteiger partial charge is 0.0294 e. The monoisotopic (exact) mass is 245 g/mol. The van der Waals surface area contributed by atoms with Gasteiger partial charge in [-0.3, -0.25) is 0 Å². The number of nitrogens with one attached hydrogen (secondary N) is 1. The molecule has 0 unspecified atom stereocenters. The predicted octanol–water partition coefficient (Wildman–Crippen LogP) is 4.70. The molecule has 0 aliphatic heterocycles. The summed E-state index contributed by atoms with van der Waals surface area (Å²) < 4.78 is 0. The fraction of sp³-hybridized carbons (Fsp3) is 0.647. The van der Waals surface area contributed by atoms with Gasteiger partial charge in [-0.15, -0.1) is 0 Å². The molecule has 1 fully saturated rings. The van der Waals surface area contributed by atoms with E-state index < -0.39 is 0 Å². The first-order chi connectivity index (χ1) is 8.79. The molecule has 1 nitrogen and oxygen atoms in total. The third-order valence-electron chi connectivity index (χ3n) is 4.33. The van der Waals surface area contributed by atoms with E-state index in [2.05, 4.69) is 49.5 Å². The van der Waals surface area contributed by atoms with E-state index in [0.29, 0.717) is 6.04 Å². The maximum absolute atomic E-state index is 3.80. The Morgan fingerprint density at radius 3 is 2.39 bits per heavy atom. The lowest BCUT2D eigenvalue weighted by Crippen LogP contribution is -2.35. The number of rotatable bonds is 5. The fourth-order valence-corrected chi connectivity index (χ4v) is 3.22. The van der Waals surface area contributed by atoms with E-state index in [0.717, 1.165) is 12.0 Å². The van der Waals surface area contributed by atoms with Crippen LogP contribution >= 0.6 is 0 Å². The molecule has 0 radical (unpaired) electrons. The minimum atomic E-state index is 0.485. The van der Waals surface area contributed by atoms with Crippen LogP contribution in [0, 0.1) is 5.92 Å². The molecule has 2 rings (SSSR count). The van der Waals surface area contributed by atoms with E-state index in [1.807, 2.05) is 0 Å². The largest absolute Gasteiger partial charge is 0.307 e. The Balaban J connectivity index is 1.78. The normalized spacial score (nSPS) is 25.9. The summed E-state index contributed by atoms with van der Waals surface area (Å²) in [6, 6.07) is 12.0. The van der Waals surface area contributed by atoms with Gasteiger partial charge in [-0.2, -0.15) is 0 Å². The van der Waals surface area contributed by atoms with Crippen LogP contribution in [0.2, 0.25) is 0 Å². The zero-order chi connectivity index (χ0) is 12.8. The van der Waals surface area contributed by atoms with Crippen LogP contribution in [0.15, 0.2) is 30.3 Å². The summed E-state index contributed by atoms with van der Waals surface area (Å²) in [5.41, 5.74) is 1.41. The SMILES string of the molecule is CCCC1CCC(N[C@H](C)c2ccccc2)CC1. The van der Waals surface area contributed by atoms with Crippen molar-refractivity contribution in [3.63, 3.8) is 0 Å². The van der Waals surface area contributed by atoms with Gasteiger partial charge in [0.15, 0.2) is 0 Å². The lowest BCUT2D eigenvalue weighted by atomic mass is 9.83. The predicted molar refractivity (Wildman–Crippen MR) is 78.6 cm³/mol. The van der Waals surface area contributed by atoms with Gasteiger partial charge in [-0.1, -0.05) is 50.1 Å². The Kier molecular flexibility index (Phi) is 5.25. The van der Waals surface area contributed by atoms with Crippen molar-refractivity contribution in [2.24, 2.45) is 5.92 Å². The number of hydrogen-bond acceptors (Lipinski definition) is 1. The molecule has 0 heterocycles. The topological polar surface area (TPSA) is 12.0 Å². The quantitative estimate of drug-likeness (QED) is 0.793. The maximum atomic E-state index is 3.80. The lowest BCUT2D eigenvalue weighted by Gasteiger charge is -2.31. The minimum absolute atomic E-state index is 0.485. The second-order valence-electron chi connectivity index (χ2n) is 5.81. The molecule has 1 saturated carbocycles. The average Bonchev–Trinajstić information content (AvgIpc) is 2.42. The van der Waals surface area contributed by atoms with Gasteiger partial charge in [0.25, 0.3) is 0 Å². The van der Waals surface area contributed by atoms with Crippen molar-refractivity contribution < 1.29 is 0 Å². The molecule has 100 valence electrons. The van der Waals surface area contributed by atoms with Crippen LogP contribution in [0.5, 0.6) is 0 Å². The zero-order valence-corrected chi connectivity index (χ0v) is 11.9. The molecule has 0 bridgehead atoms.